The topological polar surface area (TPSA) is 88.0 Å². The van der Waals surface area contributed by atoms with Crippen LogP contribution in [-0.4, -0.2) is 58.3 Å². The molecule has 2 aliphatic heterocycles. The second-order valence-electron chi connectivity index (χ2n) is 16.0. The van der Waals surface area contributed by atoms with Crippen LogP contribution in [0, 0.1) is 45.3 Å². The van der Waals surface area contributed by atoms with Crippen LogP contribution in [0.4, 0.5) is 0 Å². The highest BCUT2D eigenvalue weighted by atomic mass is 16.6. The minimum Gasteiger partial charge on any atom is -0.390 e. The molecule has 0 radical (unpaired) electrons. The third-order valence-electron chi connectivity index (χ3n) is 13.7. The fraction of sp³-hybridized carbons (Fsp3) is 0.969. The zero-order valence-corrected chi connectivity index (χ0v) is 25.1. The maximum absolute atomic E-state index is 12.7. The van der Waals surface area contributed by atoms with Crippen LogP contribution >= 0.6 is 0 Å². The molecule has 1 amide bonds. The van der Waals surface area contributed by atoms with E-state index in [0.29, 0.717) is 36.7 Å². The lowest BCUT2D eigenvalue weighted by Gasteiger charge is -2.62. The van der Waals surface area contributed by atoms with Crippen molar-refractivity contribution in [2.24, 2.45) is 45.3 Å². The summed E-state index contributed by atoms with van der Waals surface area (Å²) in [5.74, 6) is 1.83. The maximum atomic E-state index is 12.7. The molecule has 0 aromatic heterocycles. The fourth-order valence-electron chi connectivity index (χ4n) is 12.3. The van der Waals surface area contributed by atoms with Crippen LogP contribution in [0.1, 0.15) is 107 Å². The summed E-state index contributed by atoms with van der Waals surface area (Å²) in [4.78, 5) is 12.7. The van der Waals surface area contributed by atoms with Gasteiger partial charge in [0.1, 0.15) is 6.10 Å². The van der Waals surface area contributed by atoms with Crippen LogP contribution < -0.4 is 5.32 Å². The molecule has 6 nitrogen and oxygen atoms in total. The highest BCUT2D eigenvalue weighted by Gasteiger charge is 2.84. The van der Waals surface area contributed by atoms with Crippen molar-refractivity contribution in [1.82, 2.24) is 5.32 Å². The van der Waals surface area contributed by atoms with Crippen molar-refractivity contribution in [3.05, 3.63) is 0 Å². The standard InChI is InChI=1S/C32H53NO5/c1-9-37-26(28(5,6)36)19-16-18(2)23-24(38-19)25(35)30(8)21-11-10-20-27(3,4)33-22(34)12-13-31(20)17-32(21,31)15-14-29(23,30)7/h18-21,23-26,35-36H,9-17H2,1-8H3,(H,33,34)/t18-,19-,20+,21+,23+,24+,25+,26+,29-,30-,31?,32+/m1/s1. The van der Waals surface area contributed by atoms with Gasteiger partial charge in [-0.2, -0.15) is 0 Å². The average molecular weight is 532 g/mol. The van der Waals surface area contributed by atoms with Crippen LogP contribution in [0.3, 0.4) is 0 Å². The molecule has 2 saturated heterocycles. The second-order valence-corrected chi connectivity index (χ2v) is 16.0. The van der Waals surface area contributed by atoms with Gasteiger partial charge in [-0.3, -0.25) is 4.79 Å². The Hall–Kier alpha value is -0.690. The van der Waals surface area contributed by atoms with Crippen molar-refractivity contribution < 1.29 is 24.5 Å². The Bertz CT molecular complexity index is 991. The van der Waals surface area contributed by atoms with E-state index in [4.69, 9.17) is 9.47 Å². The number of amides is 1. The first-order chi connectivity index (χ1) is 17.6. The zero-order valence-electron chi connectivity index (χ0n) is 25.1. The maximum Gasteiger partial charge on any atom is 0.220 e. The lowest BCUT2D eigenvalue weighted by atomic mass is 9.43. The number of carbonyl (C=O) groups excluding carboxylic acids is 1. The predicted octanol–water partition coefficient (Wildman–Crippen LogP) is 4.84. The summed E-state index contributed by atoms with van der Waals surface area (Å²) in [5.41, 5.74) is -0.988. The molecule has 6 fully saturated rings. The van der Waals surface area contributed by atoms with E-state index < -0.39 is 17.8 Å². The van der Waals surface area contributed by atoms with Crippen molar-refractivity contribution in [1.29, 1.82) is 0 Å². The largest absolute Gasteiger partial charge is 0.390 e. The predicted molar refractivity (Wildman–Crippen MR) is 146 cm³/mol. The smallest absolute Gasteiger partial charge is 0.220 e. The molecule has 2 spiro atoms. The molecule has 6 aliphatic rings. The molecule has 4 aliphatic carbocycles. The van der Waals surface area contributed by atoms with Gasteiger partial charge in [-0.05, 0) is 119 Å². The van der Waals surface area contributed by atoms with Gasteiger partial charge in [0.25, 0.3) is 0 Å². The van der Waals surface area contributed by atoms with Crippen molar-refractivity contribution in [2.75, 3.05) is 6.61 Å². The lowest BCUT2D eigenvalue weighted by Crippen LogP contribution is -2.59. The molecule has 2 heterocycles. The van der Waals surface area contributed by atoms with Crippen molar-refractivity contribution in [2.45, 2.75) is 142 Å². The van der Waals surface area contributed by atoms with E-state index in [9.17, 15) is 15.0 Å². The van der Waals surface area contributed by atoms with E-state index in [1.165, 1.54) is 12.8 Å². The zero-order chi connectivity index (χ0) is 27.7. The molecule has 6 rings (SSSR count). The number of aliphatic hydroxyl groups is 2. The van der Waals surface area contributed by atoms with Gasteiger partial charge in [-0.15, -0.1) is 0 Å². The van der Waals surface area contributed by atoms with E-state index in [-0.39, 0.29) is 45.3 Å². The summed E-state index contributed by atoms with van der Waals surface area (Å²) < 4.78 is 12.9. The van der Waals surface area contributed by atoms with Crippen molar-refractivity contribution in [3.8, 4) is 0 Å². The summed E-state index contributed by atoms with van der Waals surface area (Å²) in [5, 5.41) is 26.7. The van der Waals surface area contributed by atoms with Crippen LogP contribution in [0.5, 0.6) is 0 Å². The first kappa shape index (κ1) is 27.5. The number of aliphatic hydroxyl groups excluding tert-OH is 1. The summed E-state index contributed by atoms with van der Waals surface area (Å²) in [6, 6.07) is 0. The third-order valence-corrected chi connectivity index (χ3v) is 13.7. The Morgan fingerprint density at radius 3 is 2.42 bits per heavy atom. The molecular weight excluding hydrogens is 478 g/mol. The number of nitrogens with one attached hydrogen (secondary N) is 1. The van der Waals surface area contributed by atoms with Gasteiger partial charge >= 0.3 is 0 Å². The van der Waals surface area contributed by atoms with E-state index in [0.717, 1.165) is 32.1 Å². The van der Waals surface area contributed by atoms with Crippen LogP contribution in [0.2, 0.25) is 0 Å². The quantitative estimate of drug-likeness (QED) is 0.483. The van der Waals surface area contributed by atoms with E-state index in [2.05, 4.69) is 39.9 Å². The summed E-state index contributed by atoms with van der Waals surface area (Å²) in [7, 11) is 0. The summed E-state index contributed by atoms with van der Waals surface area (Å²) in [6.45, 7) is 17.8. The molecule has 6 heteroatoms. The Kier molecular flexibility index (Phi) is 5.93. The number of rotatable bonds is 4. The molecule has 0 aromatic carbocycles. The highest BCUT2D eigenvalue weighted by Crippen LogP contribution is 2.88. The molecule has 216 valence electrons. The molecule has 4 saturated carbocycles. The molecular formula is C32H53NO5. The number of ether oxygens (including phenoxy) is 2. The number of fused-ring (bicyclic) bond motifs is 4. The monoisotopic (exact) mass is 531 g/mol. The van der Waals surface area contributed by atoms with Crippen LogP contribution in [-0.2, 0) is 14.3 Å². The van der Waals surface area contributed by atoms with E-state index in [1.54, 1.807) is 0 Å². The number of hydrogen-bond acceptors (Lipinski definition) is 5. The number of carbonyl (C=O) groups is 1. The van der Waals surface area contributed by atoms with Gasteiger partial charge in [0, 0.05) is 24.0 Å². The minimum atomic E-state index is -1.02. The van der Waals surface area contributed by atoms with Gasteiger partial charge in [-0.1, -0.05) is 20.8 Å². The highest BCUT2D eigenvalue weighted by molar-refractivity contribution is 5.77. The molecule has 0 bridgehead atoms. The van der Waals surface area contributed by atoms with Gasteiger partial charge in [0.15, 0.2) is 0 Å². The molecule has 1 unspecified atom stereocenters. The SMILES string of the molecule is CCO[C@@H]([C@H]1C[C@@H](C)[C@H]2[C@H](O1)[C@H](O)[C@@]1(C)[C@@H]3CC[C@H]4C(C)(C)NC(=O)CCC45C[C@@]35CC[C@]21C)C(C)(C)O. The first-order valence-corrected chi connectivity index (χ1v) is 15.6. The average Bonchev–Trinajstić information content (AvgIpc) is 3.47. The minimum absolute atomic E-state index is 0.00182. The van der Waals surface area contributed by atoms with Crippen molar-refractivity contribution in [3.63, 3.8) is 0 Å². The summed E-state index contributed by atoms with van der Waals surface area (Å²) in [6.07, 6.45) is 6.84. The van der Waals surface area contributed by atoms with Gasteiger partial charge < -0.3 is 25.0 Å². The van der Waals surface area contributed by atoms with Gasteiger partial charge in [0.2, 0.25) is 5.91 Å². The Morgan fingerprint density at radius 1 is 1.11 bits per heavy atom. The first-order valence-electron chi connectivity index (χ1n) is 15.6. The van der Waals surface area contributed by atoms with E-state index >= 15 is 0 Å². The van der Waals surface area contributed by atoms with Gasteiger partial charge in [0.05, 0.1) is 23.9 Å². The molecule has 38 heavy (non-hydrogen) atoms. The molecule has 12 atom stereocenters. The summed E-state index contributed by atoms with van der Waals surface area (Å²) >= 11 is 0. The third kappa shape index (κ3) is 3.24. The van der Waals surface area contributed by atoms with E-state index in [1.807, 2.05) is 20.8 Å². The van der Waals surface area contributed by atoms with Crippen LogP contribution in [0.25, 0.3) is 0 Å². The normalized spacial score (nSPS) is 53.8. The van der Waals surface area contributed by atoms with Crippen molar-refractivity contribution >= 4 is 5.91 Å². The number of hydrogen-bond donors (Lipinski definition) is 3. The molecule has 0 aromatic rings. The Balaban J connectivity index is 1.36. The lowest BCUT2D eigenvalue weighted by molar-refractivity contribution is -0.215. The molecule has 3 N–H and O–H groups in total. The van der Waals surface area contributed by atoms with Gasteiger partial charge in [-0.25, -0.2) is 0 Å². The fourth-order valence-corrected chi connectivity index (χ4v) is 12.3. The Morgan fingerprint density at radius 2 is 1.76 bits per heavy atom. The van der Waals surface area contributed by atoms with Crippen LogP contribution in [0.15, 0.2) is 0 Å². The Labute approximate surface area is 230 Å². The second kappa shape index (κ2) is 8.20.